The van der Waals surface area contributed by atoms with Gasteiger partial charge in [0.25, 0.3) is 0 Å². The van der Waals surface area contributed by atoms with Crippen LogP contribution in [0.3, 0.4) is 0 Å². The molecular weight excluding hydrogens is 279 g/mol. The highest BCUT2D eigenvalue weighted by atomic mass is 79.9. The van der Waals surface area contributed by atoms with E-state index in [1.165, 1.54) is 0 Å². The standard InChI is InChI=1S/C11H12BrClO2/c12-8-6-7(13)4-5-10(8)15-11-3-1-2-9(11)14/h4-6,9,11,14H,1-3H2/t9-,11-/m1/s1. The molecule has 0 saturated heterocycles. The van der Waals surface area contributed by atoms with Gasteiger partial charge in [0.15, 0.2) is 0 Å². The molecule has 2 nitrogen and oxygen atoms in total. The van der Waals surface area contributed by atoms with E-state index in [2.05, 4.69) is 15.9 Å². The molecule has 4 heteroatoms. The van der Waals surface area contributed by atoms with Gasteiger partial charge in [-0.05, 0) is 53.4 Å². The van der Waals surface area contributed by atoms with E-state index in [-0.39, 0.29) is 12.2 Å². The molecule has 1 saturated carbocycles. The number of benzene rings is 1. The third-order valence-electron chi connectivity index (χ3n) is 2.59. The maximum atomic E-state index is 9.63. The van der Waals surface area contributed by atoms with Crippen molar-refractivity contribution >= 4 is 27.5 Å². The van der Waals surface area contributed by atoms with Gasteiger partial charge in [0.2, 0.25) is 0 Å². The van der Waals surface area contributed by atoms with Crippen molar-refractivity contribution in [2.24, 2.45) is 0 Å². The SMILES string of the molecule is O[C@@H]1CCC[C@H]1Oc1ccc(Cl)cc1Br. The summed E-state index contributed by atoms with van der Waals surface area (Å²) in [6.07, 6.45) is 2.35. The Labute approximate surface area is 102 Å². The monoisotopic (exact) mass is 290 g/mol. The highest BCUT2D eigenvalue weighted by Crippen LogP contribution is 2.31. The fourth-order valence-electron chi connectivity index (χ4n) is 1.78. The topological polar surface area (TPSA) is 29.5 Å². The van der Waals surface area contributed by atoms with Gasteiger partial charge >= 0.3 is 0 Å². The van der Waals surface area contributed by atoms with Crippen molar-refractivity contribution in [1.82, 2.24) is 0 Å². The molecule has 15 heavy (non-hydrogen) atoms. The summed E-state index contributed by atoms with van der Waals surface area (Å²) in [6.45, 7) is 0. The van der Waals surface area contributed by atoms with Crippen molar-refractivity contribution in [3.05, 3.63) is 27.7 Å². The van der Waals surface area contributed by atoms with E-state index in [0.29, 0.717) is 5.02 Å². The van der Waals surface area contributed by atoms with E-state index < -0.39 is 0 Å². The molecule has 1 aliphatic carbocycles. The molecule has 1 fully saturated rings. The fourth-order valence-corrected chi connectivity index (χ4v) is 2.55. The summed E-state index contributed by atoms with van der Waals surface area (Å²) >= 11 is 9.21. The molecule has 0 aromatic heterocycles. The molecule has 1 aromatic rings. The summed E-state index contributed by atoms with van der Waals surface area (Å²) in [5, 5.41) is 10.3. The first-order valence-electron chi connectivity index (χ1n) is 4.96. The Bertz CT molecular complexity index is 356. The minimum Gasteiger partial charge on any atom is -0.487 e. The zero-order valence-corrected chi connectivity index (χ0v) is 10.5. The van der Waals surface area contributed by atoms with E-state index in [0.717, 1.165) is 29.5 Å². The maximum Gasteiger partial charge on any atom is 0.134 e. The van der Waals surface area contributed by atoms with Crippen LogP contribution in [0.15, 0.2) is 22.7 Å². The molecule has 0 aliphatic heterocycles. The van der Waals surface area contributed by atoms with Crippen LogP contribution in [-0.4, -0.2) is 17.3 Å². The molecule has 0 radical (unpaired) electrons. The first-order chi connectivity index (χ1) is 7.16. The number of aliphatic hydroxyl groups excluding tert-OH is 1. The summed E-state index contributed by atoms with van der Waals surface area (Å²) < 4.78 is 6.55. The minimum atomic E-state index is -0.340. The highest BCUT2D eigenvalue weighted by Gasteiger charge is 2.27. The number of hydrogen-bond acceptors (Lipinski definition) is 2. The van der Waals surface area contributed by atoms with Crippen molar-refractivity contribution in [1.29, 1.82) is 0 Å². The molecule has 0 amide bonds. The Morgan fingerprint density at radius 2 is 2.20 bits per heavy atom. The number of rotatable bonds is 2. The number of aliphatic hydroxyl groups is 1. The quantitative estimate of drug-likeness (QED) is 0.905. The lowest BCUT2D eigenvalue weighted by Crippen LogP contribution is -2.25. The van der Waals surface area contributed by atoms with Gasteiger partial charge in [-0.2, -0.15) is 0 Å². The van der Waals surface area contributed by atoms with Crippen LogP contribution in [0.4, 0.5) is 0 Å². The van der Waals surface area contributed by atoms with E-state index >= 15 is 0 Å². The Morgan fingerprint density at radius 3 is 2.80 bits per heavy atom. The maximum absolute atomic E-state index is 9.63. The predicted octanol–water partition coefficient (Wildman–Crippen LogP) is 3.39. The van der Waals surface area contributed by atoms with Gasteiger partial charge in [-0.15, -0.1) is 0 Å². The molecule has 0 heterocycles. The predicted molar refractivity (Wildman–Crippen MR) is 63.4 cm³/mol. The molecule has 0 spiro atoms. The van der Waals surface area contributed by atoms with Gasteiger partial charge in [0.05, 0.1) is 10.6 Å². The van der Waals surface area contributed by atoms with Crippen molar-refractivity contribution < 1.29 is 9.84 Å². The van der Waals surface area contributed by atoms with Crippen LogP contribution in [0.5, 0.6) is 5.75 Å². The smallest absolute Gasteiger partial charge is 0.134 e. The largest absolute Gasteiger partial charge is 0.487 e. The van der Waals surface area contributed by atoms with Crippen molar-refractivity contribution in [2.75, 3.05) is 0 Å². The van der Waals surface area contributed by atoms with Gasteiger partial charge < -0.3 is 9.84 Å². The summed E-state index contributed by atoms with van der Waals surface area (Å²) in [5.41, 5.74) is 0. The molecule has 2 atom stereocenters. The second kappa shape index (κ2) is 4.73. The average molecular weight is 292 g/mol. The van der Waals surface area contributed by atoms with Crippen LogP contribution >= 0.6 is 27.5 Å². The van der Waals surface area contributed by atoms with Crippen molar-refractivity contribution in [2.45, 2.75) is 31.5 Å². The number of ether oxygens (including phenoxy) is 1. The van der Waals surface area contributed by atoms with Crippen molar-refractivity contribution in [3.8, 4) is 5.75 Å². The molecule has 0 bridgehead atoms. The third-order valence-corrected chi connectivity index (χ3v) is 3.44. The molecule has 2 rings (SSSR count). The van der Waals surface area contributed by atoms with Gasteiger partial charge in [-0.3, -0.25) is 0 Å². The van der Waals surface area contributed by atoms with Crippen LogP contribution in [0.25, 0.3) is 0 Å². The summed E-state index contributed by atoms with van der Waals surface area (Å²) in [7, 11) is 0. The average Bonchev–Trinajstić information content (AvgIpc) is 2.57. The molecule has 1 aliphatic rings. The van der Waals surface area contributed by atoms with Gasteiger partial charge in [-0.1, -0.05) is 11.6 Å². The third kappa shape index (κ3) is 2.65. The highest BCUT2D eigenvalue weighted by molar-refractivity contribution is 9.10. The Kier molecular flexibility index (Phi) is 3.54. The molecule has 0 unspecified atom stereocenters. The van der Waals surface area contributed by atoms with E-state index in [1.54, 1.807) is 12.1 Å². The Balaban J connectivity index is 2.10. The van der Waals surface area contributed by atoms with E-state index in [1.807, 2.05) is 6.07 Å². The number of halogens is 2. The van der Waals surface area contributed by atoms with Crippen LogP contribution in [0.1, 0.15) is 19.3 Å². The molecule has 1 N–H and O–H groups in total. The van der Waals surface area contributed by atoms with Gasteiger partial charge in [0.1, 0.15) is 11.9 Å². The zero-order valence-electron chi connectivity index (χ0n) is 8.12. The second-order valence-corrected chi connectivity index (χ2v) is 5.02. The van der Waals surface area contributed by atoms with Gasteiger partial charge in [0, 0.05) is 5.02 Å². The van der Waals surface area contributed by atoms with Crippen LogP contribution in [0.2, 0.25) is 5.02 Å². The zero-order chi connectivity index (χ0) is 10.8. The summed E-state index contributed by atoms with van der Waals surface area (Å²) in [4.78, 5) is 0. The Morgan fingerprint density at radius 1 is 1.40 bits per heavy atom. The summed E-state index contributed by atoms with van der Waals surface area (Å²) in [5.74, 6) is 0.741. The fraction of sp³-hybridized carbons (Fsp3) is 0.455. The van der Waals surface area contributed by atoms with Crippen LogP contribution in [-0.2, 0) is 0 Å². The lowest BCUT2D eigenvalue weighted by atomic mass is 10.2. The lowest BCUT2D eigenvalue weighted by molar-refractivity contribution is 0.0599. The minimum absolute atomic E-state index is 0.0810. The van der Waals surface area contributed by atoms with Crippen LogP contribution < -0.4 is 4.74 Å². The first-order valence-corrected chi connectivity index (χ1v) is 6.13. The number of hydrogen-bond donors (Lipinski definition) is 1. The lowest BCUT2D eigenvalue weighted by Gasteiger charge is -2.18. The second-order valence-electron chi connectivity index (χ2n) is 3.73. The first kappa shape index (κ1) is 11.2. The normalized spacial score (nSPS) is 25.5. The summed E-state index contributed by atoms with van der Waals surface area (Å²) in [6, 6.07) is 5.39. The van der Waals surface area contributed by atoms with Crippen molar-refractivity contribution in [3.63, 3.8) is 0 Å². The van der Waals surface area contributed by atoms with Crippen LogP contribution in [0, 0.1) is 0 Å². The molecule has 82 valence electrons. The van der Waals surface area contributed by atoms with E-state index in [9.17, 15) is 5.11 Å². The van der Waals surface area contributed by atoms with E-state index in [4.69, 9.17) is 16.3 Å². The molecule has 1 aromatic carbocycles. The Hall–Kier alpha value is -0.250. The van der Waals surface area contributed by atoms with Gasteiger partial charge in [-0.25, -0.2) is 0 Å². The molecular formula is C11H12BrClO2.